The number of ether oxygens (including phenoxy) is 2. The van der Waals surface area contributed by atoms with Crippen LogP contribution < -0.4 is 10.2 Å². The fourth-order valence-electron chi connectivity index (χ4n) is 3.90. The summed E-state index contributed by atoms with van der Waals surface area (Å²) in [5, 5.41) is 0.862. The number of carbonyl (C=O) groups is 3. The molecule has 1 aromatic carbocycles. The first-order chi connectivity index (χ1) is 12.0. The molecule has 0 unspecified atom stereocenters. The number of amides is 3. The minimum absolute atomic E-state index is 0.199. The Morgan fingerprint density at radius 3 is 2.28 bits per heavy atom. The highest BCUT2D eigenvalue weighted by atomic mass is 16.5. The lowest BCUT2D eigenvalue weighted by atomic mass is 9.81. The summed E-state index contributed by atoms with van der Waals surface area (Å²) in [5.41, 5.74) is 3.51. The van der Waals surface area contributed by atoms with Crippen LogP contribution in [0, 0.1) is 18.8 Å². The van der Waals surface area contributed by atoms with Gasteiger partial charge in [0.25, 0.3) is 17.7 Å². The van der Waals surface area contributed by atoms with Gasteiger partial charge in [-0.25, -0.2) is 0 Å². The van der Waals surface area contributed by atoms with Crippen molar-refractivity contribution in [1.82, 2.24) is 10.4 Å². The molecule has 3 saturated heterocycles. The normalized spacial score (nSPS) is 31.2. The summed E-state index contributed by atoms with van der Waals surface area (Å²) in [6, 6.07) is 7.30. The Morgan fingerprint density at radius 1 is 1.16 bits per heavy atom. The Bertz CT molecular complexity index is 703. The van der Waals surface area contributed by atoms with Crippen molar-refractivity contribution in [3.63, 3.8) is 0 Å². The van der Waals surface area contributed by atoms with Crippen molar-refractivity contribution in [2.45, 2.75) is 45.0 Å². The Hall–Kier alpha value is -2.41. The number of hydrazine groups is 1. The van der Waals surface area contributed by atoms with E-state index >= 15 is 0 Å². The number of carbonyl (C=O) groups excluding carboxylic acids is 3. The van der Waals surface area contributed by atoms with Gasteiger partial charge in [0.05, 0.1) is 24.0 Å². The van der Waals surface area contributed by atoms with Gasteiger partial charge in [-0.1, -0.05) is 17.7 Å². The molecule has 3 heterocycles. The molecular weight excluding hydrogens is 324 g/mol. The standard InChI is InChI=1S/C18H20N2O5/c1-9-3-5-11(6-4-9)24-10(2)16(21)19-20-17(22)14-12-7-8-13(25-12)15(14)18(20)23/h3-6,10,12-15H,7-8H2,1-2H3,(H,19,21)/t10-,12-,13+,14+,15+/m1/s1. The van der Waals surface area contributed by atoms with E-state index < -0.39 is 23.8 Å². The average Bonchev–Trinajstić information content (AvgIpc) is 3.26. The van der Waals surface area contributed by atoms with E-state index in [2.05, 4.69) is 5.43 Å². The molecule has 7 nitrogen and oxygen atoms in total. The number of imide groups is 1. The van der Waals surface area contributed by atoms with E-state index in [9.17, 15) is 14.4 Å². The van der Waals surface area contributed by atoms with Gasteiger partial charge in [0.1, 0.15) is 5.75 Å². The largest absolute Gasteiger partial charge is 0.481 e. The molecular formula is C18H20N2O5. The zero-order chi connectivity index (χ0) is 17.7. The maximum atomic E-state index is 12.5. The second kappa shape index (κ2) is 5.84. The second-order valence-electron chi connectivity index (χ2n) is 6.90. The number of hydrogen-bond acceptors (Lipinski definition) is 5. The molecule has 3 amide bonds. The van der Waals surface area contributed by atoms with Gasteiger partial charge in [0.2, 0.25) is 0 Å². The van der Waals surface area contributed by atoms with Crippen molar-refractivity contribution in [2.24, 2.45) is 11.8 Å². The molecule has 0 aromatic heterocycles. The first-order valence-electron chi connectivity index (χ1n) is 8.53. The minimum atomic E-state index is -0.836. The number of aryl methyl sites for hydroxylation is 1. The van der Waals surface area contributed by atoms with Gasteiger partial charge in [0, 0.05) is 0 Å². The third kappa shape index (κ3) is 2.59. The molecule has 2 bridgehead atoms. The summed E-state index contributed by atoms with van der Waals surface area (Å²) >= 11 is 0. The Balaban J connectivity index is 1.41. The van der Waals surface area contributed by atoms with Crippen LogP contribution in [0.15, 0.2) is 24.3 Å². The topological polar surface area (TPSA) is 84.9 Å². The number of rotatable bonds is 4. The zero-order valence-corrected chi connectivity index (χ0v) is 14.1. The van der Waals surface area contributed by atoms with Crippen molar-refractivity contribution in [1.29, 1.82) is 0 Å². The third-order valence-corrected chi connectivity index (χ3v) is 5.21. The molecule has 3 fully saturated rings. The van der Waals surface area contributed by atoms with Crippen LogP contribution in [-0.2, 0) is 19.1 Å². The molecule has 25 heavy (non-hydrogen) atoms. The lowest BCUT2D eigenvalue weighted by molar-refractivity contribution is -0.153. The highest BCUT2D eigenvalue weighted by Gasteiger charge is 2.63. The fraction of sp³-hybridized carbons (Fsp3) is 0.500. The van der Waals surface area contributed by atoms with Gasteiger partial charge < -0.3 is 9.47 Å². The van der Waals surface area contributed by atoms with E-state index in [0.717, 1.165) is 23.4 Å². The number of benzene rings is 1. The molecule has 4 rings (SSSR count). The number of nitrogens with one attached hydrogen (secondary N) is 1. The Morgan fingerprint density at radius 2 is 1.72 bits per heavy atom. The summed E-state index contributed by atoms with van der Waals surface area (Å²) in [6.45, 7) is 3.53. The van der Waals surface area contributed by atoms with Crippen LogP contribution in [0.3, 0.4) is 0 Å². The SMILES string of the molecule is Cc1ccc(O[C@H](C)C(=O)NN2C(=O)[C@@H]3[C@@H](C2=O)[C@H]2CC[C@@H]3O2)cc1. The van der Waals surface area contributed by atoms with E-state index in [1.807, 2.05) is 19.1 Å². The maximum Gasteiger partial charge on any atom is 0.279 e. The maximum absolute atomic E-state index is 12.5. The number of hydrogen-bond donors (Lipinski definition) is 1. The van der Waals surface area contributed by atoms with Gasteiger partial charge in [0.15, 0.2) is 6.10 Å². The van der Waals surface area contributed by atoms with Crippen molar-refractivity contribution in [2.75, 3.05) is 0 Å². The molecule has 0 aliphatic carbocycles. The van der Waals surface area contributed by atoms with Crippen LogP contribution in [0.4, 0.5) is 0 Å². The summed E-state index contributed by atoms with van der Waals surface area (Å²) in [6.07, 6.45) is 0.347. The highest BCUT2D eigenvalue weighted by molar-refractivity contribution is 6.07. The van der Waals surface area contributed by atoms with E-state index in [1.54, 1.807) is 19.1 Å². The smallest absolute Gasteiger partial charge is 0.279 e. The lowest BCUT2D eigenvalue weighted by Gasteiger charge is -2.21. The lowest BCUT2D eigenvalue weighted by Crippen LogP contribution is -2.51. The van der Waals surface area contributed by atoms with Crippen molar-refractivity contribution in [3.8, 4) is 5.75 Å². The van der Waals surface area contributed by atoms with Gasteiger partial charge in [-0.15, -0.1) is 0 Å². The van der Waals surface area contributed by atoms with Crippen molar-refractivity contribution < 1.29 is 23.9 Å². The predicted molar refractivity (Wildman–Crippen MR) is 86.1 cm³/mol. The molecule has 3 aliphatic heterocycles. The molecule has 0 saturated carbocycles. The fourth-order valence-corrected chi connectivity index (χ4v) is 3.90. The molecule has 132 valence electrons. The van der Waals surface area contributed by atoms with Crippen LogP contribution in [0.1, 0.15) is 25.3 Å². The van der Waals surface area contributed by atoms with Gasteiger partial charge in [-0.2, -0.15) is 5.01 Å². The number of nitrogens with zero attached hydrogens (tertiary/aromatic N) is 1. The first-order valence-corrected chi connectivity index (χ1v) is 8.53. The van der Waals surface area contributed by atoms with Gasteiger partial charge in [-0.05, 0) is 38.8 Å². The van der Waals surface area contributed by atoms with Crippen LogP contribution in [0.25, 0.3) is 0 Å². The summed E-state index contributed by atoms with van der Waals surface area (Å²) in [7, 11) is 0. The Labute approximate surface area is 145 Å². The first kappa shape index (κ1) is 16.1. The van der Waals surface area contributed by atoms with Crippen LogP contribution >= 0.6 is 0 Å². The quantitative estimate of drug-likeness (QED) is 0.822. The number of fused-ring (bicyclic) bond motifs is 5. The van der Waals surface area contributed by atoms with Gasteiger partial charge in [-0.3, -0.25) is 19.8 Å². The van der Waals surface area contributed by atoms with Crippen LogP contribution in [0.2, 0.25) is 0 Å². The molecule has 1 N–H and O–H groups in total. The van der Waals surface area contributed by atoms with E-state index in [0.29, 0.717) is 5.75 Å². The van der Waals surface area contributed by atoms with Gasteiger partial charge >= 0.3 is 0 Å². The minimum Gasteiger partial charge on any atom is -0.481 e. The second-order valence-corrected chi connectivity index (χ2v) is 6.90. The Kier molecular flexibility index (Phi) is 3.76. The van der Waals surface area contributed by atoms with E-state index in [1.165, 1.54) is 0 Å². The van der Waals surface area contributed by atoms with Crippen LogP contribution in [0.5, 0.6) is 5.75 Å². The average molecular weight is 344 g/mol. The summed E-state index contributed by atoms with van der Waals surface area (Å²) in [4.78, 5) is 37.4. The van der Waals surface area contributed by atoms with Crippen molar-refractivity contribution >= 4 is 17.7 Å². The molecule has 1 aromatic rings. The molecule has 0 radical (unpaired) electrons. The van der Waals surface area contributed by atoms with Crippen molar-refractivity contribution in [3.05, 3.63) is 29.8 Å². The molecule has 0 spiro atoms. The van der Waals surface area contributed by atoms with E-state index in [-0.39, 0.29) is 24.0 Å². The highest BCUT2D eigenvalue weighted by Crippen LogP contribution is 2.47. The molecule has 5 atom stereocenters. The third-order valence-electron chi connectivity index (χ3n) is 5.21. The summed E-state index contributed by atoms with van der Waals surface area (Å²) < 4.78 is 11.2. The predicted octanol–water partition coefficient (Wildman–Crippen LogP) is 0.956. The van der Waals surface area contributed by atoms with E-state index in [4.69, 9.17) is 9.47 Å². The summed E-state index contributed by atoms with van der Waals surface area (Å²) in [5.74, 6) is -1.65. The molecule has 3 aliphatic rings. The molecule has 7 heteroatoms. The zero-order valence-electron chi connectivity index (χ0n) is 14.1. The monoisotopic (exact) mass is 344 g/mol. The van der Waals surface area contributed by atoms with Crippen LogP contribution in [-0.4, -0.2) is 41.0 Å².